The van der Waals surface area contributed by atoms with Gasteiger partial charge in [-0.25, -0.2) is 15.0 Å². The number of hydrogen-bond donors (Lipinski definition) is 0. The average Bonchev–Trinajstić information content (AvgIpc) is 2.92. The van der Waals surface area contributed by atoms with E-state index in [-0.39, 0.29) is 0 Å². The molecular weight excluding hydrogens is 268 g/mol. The van der Waals surface area contributed by atoms with Gasteiger partial charge in [-0.05, 0) is 12.8 Å². The third-order valence-corrected chi connectivity index (χ3v) is 4.65. The third-order valence-electron chi connectivity index (χ3n) is 3.36. The summed E-state index contributed by atoms with van der Waals surface area (Å²) >= 11 is 8.08. The molecule has 3 heterocycles. The largest absolute Gasteiger partial charge is 0.325 e. The van der Waals surface area contributed by atoms with Gasteiger partial charge in [0.05, 0.1) is 18.2 Å². The molecule has 92 valence electrons. The number of fused-ring (bicyclic) bond motifs is 1. The van der Waals surface area contributed by atoms with Crippen molar-refractivity contribution in [1.29, 1.82) is 0 Å². The Balaban J connectivity index is 1.84. The fourth-order valence-electron chi connectivity index (χ4n) is 2.25. The monoisotopic (exact) mass is 278 g/mol. The Morgan fingerprint density at radius 3 is 3.00 bits per heavy atom. The van der Waals surface area contributed by atoms with Crippen LogP contribution < -0.4 is 0 Å². The summed E-state index contributed by atoms with van der Waals surface area (Å²) in [7, 11) is 0. The molecule has 0 atom stereocenters. The minimum Gasteiger partial charge on any atom is -0.325 e. The molecule has 0 spiro atoms. The van der Waals surface area contributed by atoms with Crippen molar-refractivity contribution in [2.75, 3.05) is 0 Å². The highest BCUT2D eigenvalue weighted by Crippen LogP contribution is 2.39. The van der Waals surface area contributed by atoms with Crippen molar-refractivity contribution in [1.82, 2.24) is 19.5 Å². The minimum atomic E-state index is 0.576. The van der Waals surface area contributed by atoms with Gasteiger partial charge in [-0.1, -0.05) is 11.6 Å². The number of thioether (sulfide) groups is 1. The Morgan fingerprint density at radius 2 is 2.17 bits per heavy atom. The van der Waals surface area contributed by atoms with E-state index in [9.17, 15) is 0 Å². The van der Waals surface area contributed by atoms with Gasteiger partial charge in [-0.3, -0.25) is 0 Å². The van der Waals surface area contributed by atoms with E-state index in [0.717, 1.165) is 28.5 Å². The van der Waals surface area contributed by atoms with Gasteiger partial charge in [0.2, 0.25) is 0 Å². The fraction of sp³-hybridized carbons (Fsp3) is 0.417. The maximum absolute atomic E-state index is 6.25. The summed E-state index contributed by atoms with van der Waals surface area (Å²) in [5.74, 6) is 2.57. The van der Waals surface area contributed by atoms with Gasteiger partial charge in [0.25, 0.3) is 0 Å². The second kappa shape index (κ2) is 3.96. The van der Waals surface area contributed by atoms with Crippen molar-refractivity contribution in [2.45, 2.75) is 30.4 Å². The van der Waals surface area contributed by atoms with Crippen molar-refractivity contribution in [3.8, 4) is 11.5 Å². The molecule has 4 rings (SSSR count). The molecule has 2 aromatic rings. The SMILES string of the molecule is Clc1nc(-c2cncn2C2CC2)nc2c1CSC2. The molecule has 0 unspecified atom stereocenters. The average molecular weight is 279 g/mol. The number of imidazole rings is 1. The molecule has 0 N–H and O–H groups in total. The number of aromatic nitrogens is 4. The highest BCUT2D eigenvalue weighted by Gasteiger charge is 2.27. The molecule has 0 amide bonds. The summed E-state index contributed by atoms with van der Waals surface area (Å²) in [6.07, 6.45) is 6.14. The summed E-state index contributed by atoms with van der Waals surface area (Å²) in [6.45, 7) is 0. The molecule has 1 saturated carbocycles. The van der Waals surface area contributed by atoms with Crippen LogP contribution in [0.4, 0.5) is 0 Å². The van der Waals surface area contributed by atoms with Crippen molar-refractivity contribution in [2.24, 2.45) is 0 Å². The molecule has 2 aliphatic rings. The molecule has 1 aliphatic carbocycles. The third kappa shape index (κ3) is 1.65. The summed E-state index contributed by atoms with van der Waals surface area (Å²) in [6, 6.07) is 0.576. The number of rotatable bonds is 2. The first-order valence-electron chi connectivity index (χ1n) is 5.98. The molecule has 1 aliphatic heterocycles. The van der Waals surface area contributed by atoms with Crippen LogP contribution in [0, 0.1) is 0 Å². The first-order chi connectivity index (χ1) is 8.83. The minimum absolute atomic E-state index is 0.576. The maximum atomic E-state index is 6.25. The maximum Gasteiger partial charge on any atom is 0.179 e. The summed E-state index contributed by atoms with van der Waals surface area (Å²) in [4.78, 5) is 13.3. The van der Waals surface area contributed by atoms with E-state index in [2.05, 4.69) is 19.5 Å². The lowest BCUT2D eigenvalue weighted by molar-refractivity contribution is 0.742. The van der Waals surface area contributed by atoms with E-state index in [4.69, 9.17) is 11.6 Å². The Hall–Kier alpha value is -1.07. The summed E-state index contributed by atoms with van der Waals surface area (Å²) in [5.41, 5.74) is 3.17. The topological polar surface area (TPSA) is 43.6 Å². The first-order valence-corrected chi connectivity index (χ1v) is 7.51. The fourth-order valence-corrected chi connectivity index (χ4v) is 3.62. The molecule has 0 bridgehead atoms. The smallest absolute Gasteiger partial charge is 0.179 e. The van der Waals surface area contributed by atoms with Gasteiger partial charge in [0.15, 0.2) is 5.82 Å². The van der Waals surface area contributed by atoms with Crippen LogP contribution in [0.15, 0.2) is 12.5 Å². The molecule has 0 saturated heterocycles. The molecule has 18 heavy (non-hydrogen) atoms. The second-order valence-corrected chi connectivity index (χ2v) is 6.02. The van der Waals surface area contributed by atoms with Crippen molar-refractivity contribution >= 4 is 23.4 Å². The molecule has 1 fully saturated rings. The standard InChI is InChI=1S/C12H11ClN4S/c13-11-8-4-18-5-9(8)15-12(16-11)10-3-14-6-17(10)7-1-2-7/h3,6-7H,1-2,4-5H2. The van der Waals surface area contributed by atoms with Crippen LogP contribution in [0.25, 0.3) is 11.5 Å². The van der Waals surface area contributed by atoms with E-state index in [1.165, 1.54) is 12.8 Å². The number of halogens is 1. The molecule has 0 aromatic carbocycles. The predicted molar refractivity (Wildman–Crippen MR) is 71.5 cm³/mol. The van der Waals surface area contributed by atoms with Crippen LogP contribution in [0.1, 0.15) is 30.1 Å². The van der Waals surface area contributed by atoms with E-state index < -0.39 is 0 Å². The zero-order valence-electron chi connectivity index (χ0n) is 9.64. The molecular formula is C12H11ClN4S. The number of hydrogen-bond acceptors (Lipinski definition) is 4. The van der Waals surface area contributed by atoms with E-state index >= 15 is 0 Å². The lowest BCUT2D eigenvalue weighted by atomic mass is 10.2. The summed E-state index contributed by atoms with van der Waals surface area (Å²) in [5, 5.41) is 0.601. The highest BCUT2D eigenvalue weighted by molar-refractivity contribution is 7.98. The van der Waals surface area contributed by atoms with E-state index in [1.54, 1.807) is 0 Å². The zero-order chi connectivity index (χ0) is 12.1. The number of nitrogens with zero attached hydrogens (tertiary/aromatic N) is 4. The Morgan fingerprint density at radius 1 is 1.28 bits per heavy atom. The quantitative estimate of drug-likeness (QED) is 0.792. The van der Waals surface area contributed by atoms with Crippen molar-refractivity contribution < 1.29 is 0 Å². The van der Waals surface area contributed by atoms with Gasteiger partial charge in [-0.15, -0.1) is 0 Å². The first kappa shape index (κ1) is 10.8. The molecule has 0 radical (unpaired) electrons. The summed E-state index contributed by atoms with van der Waals surface area (Å²) < 4.78 is 2.17. The van der Waals surface area contributed by atoms with Gasteiger partial charge < -0.3 is 4.57 Å². The van der Waals surface area contributed by atoms with Crippen LogP contribution in [0.3, 0.4) is 0 Å². The van der Waals surface area contributed by atoms with Gasteiger partial charge in [0.1, 0.15) is 10.8 Å². The molecule has 2 aromatic heterocycles. The highest BCUT2D eigenvalue weighted by atomic mass is 35.5. The van der Waals surface area contributed by atoms with Crippen molar-refractivity contribution in [3.63, 3.8) is 0 Å². The van der Waals surface area contributed by atoms with Gasteiger partial charge >= 0.3 is 0 Å². The van der Waals surface area contributed by atoms with Gasteiger partial charge in [0, 0.05) is 23.1 Å². The lowest BCUT2D eigenvalue weighted by Crippen LogP contribution is -2.02. The van der Waals surface area contributed by atoms with Crippen LogP contribution >= 0.6 is 23.4 Å². The lowest BCUT2D eigenvalue weighted by Gasteiger charge is -2.07. The predicted octanol–water partition coefficient (Wildman–Crippen LogP) is 3.08. The van der Waals surface area contributed by atoms with Crippen LogP contribution in [-0.4, -0.2) is 19.5 Å². The van der Waals surface area contributed by atoms with Crippen LogP contribution in [-0.2, 0) is 11.5 Å². The van der Waals surface area contributed by atoms with Crippen LogP contribution in [0.5, 0.6) is 0 Å². The van der Waals surface area contributed by atoms with Crippen molar-refractivity contribution in [3.05, 3.63) is 28.9 Å². The van der Waals surface area contributed by atoms with E-state index in [0.29, 0.717) is 17.0 Å². The Labute approximate surface area is 114 Å². The molecule has 4 nitrogen and oxygen atoms in total. The molecule has 6 heteroatoms. The normalized spacial score (nSPS) is 18.1. The zero-order valence-corrected chi connectivity index (χ0v) is 11.2. The second-order valence-electron chi connectivity index (χ2n) is 4.67. The van der Waals surface area contributed by atoms with E-state index in [1.807, 2.05) is 24.3 Å². The Kier molecular flexibility index (Phi) is 2.38. The van der Waals surface area contributed by atoms with Gasteiger partial charge in [-0.2, -0.15) is 11.8 Å². The van der Waals surface area contributed by atoms with Crippen LogP contribution in [0.2, 0.25) is 5.15 Å². The Bertz CT molecular complexity index is 621.